The molecule has 0 amide bonds. The van der Waals surface area contributed by atoms with E-state index in [1.54, 1.807) is 18.6 Å². The van der Waals surface area contributed by atoms with Gasteiger partial charge in [-0.05, 0) is 44.7 Å². The minimum atomic E-state index is -0.0195. The van der Waals surface area contributed by atoms with Crippen molar-refractivity contribution in [3.8, 4) is 11.4 Å². The molecule has 7 nitrogen and oxygen atoms in total. The summed E-state index contributed by atoms with van der Waals surface area (Å²) in [5.41, 5.74) is 3.60. The van der Waals surface area contributed by atoms with Crippen LogP contribution in [0.4, 0.5) is 5.82 Å². The summed E-state index contributed by atoms with van der Waals surface area (Å²) in [6.45, 7) is 3.76. The van der Waals surface area contributed by atoms with Gasteiger partial charge in [-0.1, -0.05) is 0 Å². The highest BCUT2D eigenvalue weighted by molar-refractivity contribution is 5.54. The van der Waals surface area contributed by atoms with Crippen molar-refractivity contribution in [1.82, 2.24) is 24.9 Å². The number of aromatic amines is 1. The fraction of sp³-hybridized carbons (Fsp3) is 0.381. The van der Waals surface area contributed by atoms with Crippen LogP contribution in [-0.2, 0) is 11.8 Å². The van der Waals surface area contributed by atoms with E-state index in [1.165, 1.54) is 0 Å². The molecule has 0 unspecified atom stereocenters. The van der Waals surface area contributed by atoms with Crippen molar-refractivity contribution in [2.45, 2.75) is 38.0 Å². The third-order valence-corrected chi connectivity index (χ3v) is 6.09. The number of hydrogen-bond acceptors (Lipinski definition) is 6. The second-order valence-corrected chi connectivity index (χ2v) is 7.77. The van der Waals surface area contributed by atoms with Crippen LogP contribution in [0.3, 0.4) is 0 Å². The molecule has 3 aromatic rings. The van der Waals surface area contributed by atoms with E-state index in [-0.39, 0.29) is 11.0 Å². The Morgan fingerprint density at radius 3 is 2.68 bits per heavy atom. The van der Waals surface area contributed by atoms with Gasteiger partial charge in [-0.3, -0.25) is 14.8 Å². The van der Waals surface area contributed by atoms with Crippen molar-refractivity contribution in [1.29, 1.82) is 0 Å². The van der Waals surface area contributed by atoms with Gasteiger partial charge in [-0.2, -0.15) is 0 Å². The minimum Gasteiger partial charge on any atom is -0.355 e. The van der Waals surface area contributed by atoms with Gasteiger partial charge in [0.05, 0.1) is 17.6 Å². The molecule has 1 aliphatic carbocycles. The molecule has 28 heavy (non-hydrogen) atoms. The van der Waals surface area contributed by atoms with Gasteiger partial charge in [0.15, 0.2) is 0 Å². The summed E-state index contributed by atoms with van der Waals surface area (Å²) in [5.74, 6) is 1.55. The average Bonchev–Trinajstić information content (AvgIpc) is 3.08. The summed E-state index contributed by atoms with van der Waals surface area (Å²) in [5, 5.41) is 0. The normalized spacial score (nSPS) is 17.7. The number of hydrogen-bond donors (Lipinski definition) is 1. The van der Waals surface area contributed by atoms with E-state index in [1.807, 2.05) is 25.3 Å². The fourth-order valence-corrected chi connectivity index (χ4v) is 4.54. The molecular formula is C21H22N6O. The maximum atomic E-state index is 12.7. The molecule has 1 fully saturated rings. The molecule has 142 valence electrons. The molecule has 4 heterocycles. The lowest BCUT2D eigenvalue weighted by Crippen LogP contribution is -2.42. The van der Waals surface area contributed by atoms with Crippen LogP contribution in [0.2, 0.25) is 0 Å². The lowest BCUT2D eigenvalue weighted by Gasteiger charge is -2.39. The molecule has 3 aromatic heterocycles. The number of pyridine rings is 1. The van der Waals surface area contributed by atoms with E-state index in [2.05, 4.69) is 24.8 Å². The average molecular weight is 374 g/mol. The van der Waals surface area contributed by atoms with Crippen LogP contribution < -0.4 is 10.5 Å². The first kappa shape index (κ1) is 17.0. The molecule has 0 aromatic carbocycles. The van der Waals surface area contributed by atoms with E-state index in [4.69, 9.17) is 4.98 Å². The Labute approximate surface area is 162 Å². The van der Waals surface area contributed by atoms with Crippen LogP contribution in [0.5, 0.6) is 0 Å². The second-order valence-electron chi connectivity index (χ2n) is 7.77. The number of H-pyrrole nitrogens is 1. The number of nitrogens with one attached hydrogen (secondary N) is 1. The predicted molar refractivity (Wildman–Crippen MR) is 106 cm³/mol. The third-order valence-electron chi connectivity index (χ3n) is 6.09. The van der Waals surface area contributed by atoms with Gasteiger partial charge in [-0.15, -0.1) is 0 Å². The zero-order chi connectivity index (χ0) is 19.1. The Bertz CT molecular complexity index is 1070. The highest BCUT2D eigenvalue weighted by Gasteiger charge is 2.44. The number of piperidine rings is 1. The largest absolute Gasteiger partial charge is 0.355 e. The molecule has 0 saturated carbocycles. The molecule has 1 aliphatic heterocycles. The standard InChI is InChI=1S/C21H22N6O/c1-14-11-23-13-17(24-14)27-9-6-21(7-10-27)5-4-16-18(21)25-19(26-20(16)28)15-3-2-8-22-12-15/h2-3,8,11-13H,4-7,9-10H2,1H3,(H,25,26,28). The monoisotopic (exact) mass is 374 g/mol. The minimum absolute atomic E-state index is 0.00675. The lowest BCUT2D eigenvalue weighted by atomic mass is 9.76. The van der Waals surface area contributed by atoms with Crippen LogP contribution >= 0.6 is 0 Å². The maximum Gasteiger partial charge on any atom is 0.254 e. The summed E-state index contributed by atoms with van der Waals surface area (Å²) in [6.07, 6.45) is 10.8. The second kappa shape index (κ2) is 6.51. The number of nitrogens with zero attached hydrogens (tertiary/aromatic N) is 5. The molecule has 0 bridgehead atoms. The zero-order valence-electron chi connectivity index (χ0n) is 15.9. The molecule has 1 spiro atoms. The highest BCUT2D eigenvalue weighted by atomic mass is 16.1. The first-order valence-electron chi connectivity index (χ1n) is 9.72. The van der Waals surface area contributed by atoms with Crippen LogP contribution in [0.1, 0.15) is 36.2 Å². The number of rotatable bonds is 2. The van der Waals surface area contributed by atoms with Crippen molar-refractivity contribution >= 4 is 5.82 Å². The first-order chi connectivity index (χ1) is 13.6. The van der Waals surface area contributed by atoms with E-state index >= 15 is 0 Å². The SMILES string of the molecule is Cc1cncc(N2CCC3(CCc4c3nc(-c3cccnc3)[nH]c4=O)CC2)n1. The molecule has 1 N–H and O–H groups in total. The van der Waals surface area contributed by atoms with Crippen molar-refractivity contribution in [3.63, 3.8) is 0 Å². The Morgan fingerprint density at radius 1 is 1.07 bits per heavy atom. The molecule has 1 saturated heterocycles. The molecular weight excluding hydrogens is 352 g/mol. The number of aryl methyl sites for hydroxylation is 1. The molecule has 0 radical (unpaired) electrons. The van der Waals surface area contributed by atoms with Gasteiger partial charge in [0, 0.05) is 48.2 Å². The van der Waals surface area contributed by atoms with Crippen LogP contribution in [-0.4, -0.2) is 38.0 Å². The van der Waals surface area contributed by atoms with Gasteiger partial charge in [0.2, 0.25) is 0 Å². The van der Waals surface area contributed by atoms with E-state index in [0.29, 0.717) is 5.82 Å². The summed E-state index contributed by atoms with van der Waals surface area (Å²) in [4.78, 5) is 35.9. The van der Waals surface area contributed by atoms with Crippen LogP contribution in [0.25, 0.3) is 11.4 Å². The molecule has 0 atom stereocenters. The van der Waals surface area contributed by atoms with Gasteiger partial charge in [-0.25, -0.2) is 9.97 Å². The third kappa shape index (κ3) is 2.78. The first-order valence-corrected chi connectivity index (χ1v) is 9.72. The Morgan fingerprint density at radius 2 is 1.93 bits per heavy atom. The molecule has 7 heteroatoms. The quantitative estimate of drug-likeness (QED) is 0.741. The van der Waals surface area contributed by atoms with E-state index in [9.17, 15) is 4.79 Å². The van der Waals surface area contributed by atoms with E-state index < -0.39 is 0 Å². The summed E-state index contributed by atoms with van der Waals surface area (Å²) in [6, 6.07) is 3.79. The molecule has 5 rings (SSSR count). The smallest absolute Gasteiger partial charge is 0.254 e. The van der Waals surface area contributed by atoms with Crippen LogP contribution in [0, 0.1) is 6.92 Å². The summed E-state index contributed by atoms with van der Waals surface area (Å²) in [7, 11) is 0. The topological polar surface area (TPSA) is 87.7 Å². The number of fused-ring (bicyclic) bond motifs is 2. The van der Waals surface area contributed by atoms with Gasteiger partial charge < -0.3 is 9.88 Å². The Hall–Kier alpha value is -3.09. The number of aromatic nitrogens is 5. The summed E-state index contributed by atoms with van der Waals surface area (Å²) >= 11 is 0. The van der Waals surface area contributed by atoms with Gasteiger partial charge >= 0.3 is 0 Å². The molecule has 2 aliphatic rings. The van der Waals surface area contributed by atoms with Crippen LogP contribution in [0.15, 0.2) is 41.7 Å². The highest BCUT2D eigenvalue weighted by Crippen LogP contribution is 2.45. The summed E-state index contributed by atoms with van der Waals surface area (Å²) < 4.78 is 0. The fourth-order valence-electron chi connectivity index (χ4n) is 4.54. The number of anilines is 1. The van der Waals surface area contributed by atoms with Crippen molar-refractivity contribution in [2.75, 3.05) is 18.0 Å². The van der Waals surface area contributed by atoms with Crippen molar-refractivity contribution in [3.05, 3.63) is 64.2 Å². The predicted octanol–water partition coefficient (Wildman–Crippen LogP) is 2.41. The Kier molecular flexibility index (Phi) is 3.96. The lowest BCUT2D eigenvalue weighted by molar-refractivity contribution is 0.322. The zero-order valence-corrected chi connectivity index (χ0v) is 15.9. The van der Waals surface area contributed by atoms with Crippen molar-refractivity contribution < 1.29 is 0 Å². The Balaban J connectivity index is 1.47. The van der Waals surface area contributed by atoms with Gasteiger partial charge in [0.25, 0.3) is 5.56 Å². The maximum absolute atomic E-state index is 12.7. The van der Waals surface area contributed by atoms with Gasteiger partial charge in [0.1, 0.15) is 11.6 Å². The van der Waals surface area contributed by atoms with E-state index in [0.717, 1.165) is 67.1 Å². The van der Waals surface area contributed by atoms with Crippen molar-refractivity contribution in [2.24, 2.45) is 0 Å².